The summed E-state index contributed by atoms with van der Waals surface area (Å²) in [5.74, 6) is 1.00. The second-order valence-electron chi connectivity index (χ2n) is 7.84. The van der Waals surface area contributed by atoms with Crippen molar-refractivity contribution >= 4 is 11.9 Å². The molecule has 136 valence electrons. The van der Waals surface area contributed by atoms with Crippen LogP contribution in [0.25, 0.3) is 0 Å². The first-order valence-corrected chi connectivity index (χ1v) is 9.42. The second-order valence-corrected chi connectivity index (χ2v) is 7.84. The summed E-state index contributed by atoms with van der Waals surface area (Å²) in [4.78, 5) is 20.6. The van der Waals surface area contributed by atoms with Crippen molar-refractivity contribution < 1.29 is 9.53 Å². The average molecular weight is 336 g/mol. The summed E-state index contributed by atoms with van der Waals surface area (Å²) in [5.41, 5.74) is 0.391. The standard InChI is InChI=1S/C18H32N4O2/c1-21(2)16(23)13-19-17(20-15-5-3-4-6-15)22-10-7-18(14-22)8-11-24-12-9-18/h15H,3-14H2,1-2H3,(H,19,20). The normalized spacial score (nSPS) is 24.6. The zero-order valence-electron chi connectivity index (χ0n) is 15.2. The largest absolute Gasteiger partial charge is 0.381 e. The van der Waals surface area contributed by atoms with Gasteiger partial charge in [-0.25, -0.2) is 4.99 Å². The number of carbonyl (C=O) groups is 1. The van der Waals surface area contributed by atoms with Crippen LogP contribution in [0.15, 0.2) is 4.99 Å². The summed E-state index contributed by atoms with van der Waals surface area (Å²) in [6, 6.07) is 0.518. The minimum Gasteiger partial charge on any atom is -0.381 e. The van der Waals surface area contributed by atoms with Crippen LogP contribution in [-0.4, -0.2) is 74.7 Å². The predicted octanol–water partition coefficient (Wildman–Crippen LogP) is 1.47. The number of hydrogen-bond donors (Lipinski definition) is 1. The molecule has 0 bridgehead atoms. The van der Waals surface area contributed by atoms with E-state index in [1.54, 1.807) is 19.0 Å². The van der Waals surface area contributed by atoms with Crippen molar-refractivity contribution in [2.75, 3.05) is 46.9 Å². The zero-order chi connectivity index (χ0) is 17.0. The Morgan fingerprint density at radius 3 is 2.62 bits per heavy atom. The van der Waals surface area contributed by atoms with Gasteiger partial charge in [0.25, 0.3) is 0 Å². The lowest BCUT2D eigenvalue weighted by atomic mass is 9.80. The van der Waals surface area contributed by atoms with E-state index in [0.29, 0.717) is 11.5 Å². The first kappa shape index (κ1) is 17.5. The number of carbonyl (C=O) groups excluding carboxylic acids is 1. The maximum Gasteiger partial charge on any atom is 0.243 e. The fraction of sp³-hybridized carbons (Fsp3) is 0.889. The number of likely N-dealkylation sites (N-methyl/N-ethyl adjacent to an activating group) is 1. The SMILES string of the molecule is CN(C)C(=O)CN=C(NC1CCCC1)N1CCC2(CCOCC2)C1. The van der Waals surface area contributed by atoms with Gasteiger partial charge in [-0.05, 0) is 37.5 Å². The average Bonchev–Trinajstić information content (AvgIpc) is 3.22. The number of ether oxygens (including phenoxy) is 1. The molecular formula is C18H32N4O2. The van der Waals surface area contributed by atoms with Gasteiger partial charge in [-0.15, -0.1) is 0 Å². The molecule has 2 aliphatic heterocycles. The molecule has 0 radical (unpaired) electrons. The van der Waals surface area contributed by atoms with Gasteiger partial charge in [-0.2, -0.15) is 0 Å². The molecule has 0 aromatic carbocycles. The fourth-order valence-electron chi connectivity index (χ4n) is 4.10. The van der Waals surface area contributed by atoms with Crippen LogP contribution >= 0.6 is 0 Å². The topological polar surface area (TPSA) is 57.2 Å². The molecule has 6 heteroatoms. The van der Waals surface area contributed by atoms with Crippen LogP contribution in [0.2, 0.25) is 0 Å². The number of aliphatic imine (C=N–C) groups is 1. The van der Waals surface area contributed by atoms with Crippen molar-refractivity contribution in [2.24, 2.45) is 10.4 Å². The summed E-state index contributed by atoms with van der Waals surface area (Å²) < 4.78 is 5.55. The number of amides is 1. The molecule has 0 aromatic heterocycles. The molecule has 0 unspecified atom stereocenters. The first-order chi connectivity index (χ1) is 11.6. The maximum absolute atomic E-state index is 12.0. The smallest absolute Gasteiger partial charge is 0.243 e. The highest BCUT2D eigenvalue weighted by molar-refractivity contribution is 5.85. The third-order valence-electron chi connectivity index (χ3n) is 5.84. The van der Waals surface area contributed by atoms with E-state index in [1.165, 1.54) is 32.1 Å². The molecule has 1 spiro atoms. The number of guanidine groups is 1. The van der Waals surface area contributed by atoms with Gasteiger partial charge < -0.3 is 19.9 Å². The molecule has 0 aromatic rings. The van der Waals surface area contributed by atoms with Crippen molar-refractivity contribution in [3.05, 3.63) is 0 Å². The van der Waals surface area contributed by atoms with Gasteiger partial charge in [-0.1, -0.05) is 12.8 Å². The Labute approximate surface area is 145 Å². The highest BCUT2D eigenvalue weighted by Gasteiger charge is 2.40. The minimum absolute atomic E-state index is 0.0562. The molecule has 1 saturated carbocycles. The highest BCUT2D eigenvalue weighted by atomic mass is 16.5. The lowest BCUT2D eigenvalue weighted by Gasteiger charge is -2.34. The lowest BCUT2D eigenvalue weighted by molar-refractivity contribution is -0.127. The van der Waals surface area contributed by atoms with E-state index in [1.807, 2.05) is 0 Å². The van der Waals surface area contributed by atoms with Gasteiger partial charge in [0, 0.05) is 46.4 Å². The third-order valence-corrected chi connectivity index (χ3v) is 5.84. The summed E-state index contributed by atoms with van der Waals surface area (Å²) in [6.45, 7) is 4.08. The third kappa shape index (κ3) is 4.21. The van der Waals surface area contributed by atoms with Crippen molar-refractivity contribution in [1.82, 2.24) is 15.1 Å². The summed E-state index contributed by atoms with van der Waals surface area (Å²) in [5, 5.41) is 3.65. The molecule has 1 aliphatic carbocycles. The quantitative estimate of drug-likeness (QED) is 0.626. The van der Waals surface area contributed by atoms with Crippen molar-refractivity contribution in [1.29, 1.82) is 0 Å². The molecular weight excluding hydrogens is 304 g/mol. The number of nitrogens with zero attached hydrogens (tertiary/aromatic N) is 3. The monoisotopic (exact) mass is 336 g/mol. The van der Waals surface area contributed by atoms with Crippen LogP contribution in [0.4, 0.5) is 0 Å². The molecule has 6 nitrogen and oxygen atoms in total. The van der Waals surface area contributed by atoms with Crippen LogP contribution in [-0.2, 0) is 9.53 Å². The minimum atomic E-state index is 0.0562. The van der Waals surface area contributed by atoms with Crippen LogP contribution in [0, 0.1) is 5.41 Å². The van der Waals surface area contributed by atoms with E-state index in [4.69, 9.17) is 4.74 Å². The van der Waals surface area contributed by atoms with Crippen LogP contribution in [0.5, 0.6) is 0 Å². The van der Waals surface area contributed by atoms with Gasteiger partial charge in [0.2, 0.25) is 5.91 Å². The van der Waals surface area contributed by atoms with E-state index < -0.39 is 0 Å². The number of rotatable bonds is 3. The Kier molecular flexibility index (Phi) is 5.64. The first-order valence-electron chi connectivity index (χ1n) is 9.42. The van der Waals surface area contributed by atoms with Crippen LogP contribution < -0.4 is 5.32 Å². The second kappa shape index (κ2) is 7.72. The molecule has 24 heavy (non-hydrogen) atoms. The van der Waals surface area contributed by atoms with Crippen molar-refractivity contribution in [2.45, 2.75) is 51.0 Å². The number of hydrogen-bond acceptors (Lipinski definition) is 3. The van der Waals surface area contributed by atoms with E-state index in [2.05, 4.69) is 15.2 Å². The Morgan fingerprint density at radius 1 is 1.25 bits per heavy atom. The van der Waals surface area contributed by atoms with Crippen molar-refractivity contribution in [3.8, 4) is 0 Å². The summed E-state index contributed by atoms with van der Waals surface area (Å²) >= 11 is 0. The molecule has 2 heterocycles. The number of likely N-dealkylation sites (tertiary alicyclic amines) is 1. The molecule has 0 atom stereocenters. The van der Waals surface area contributed by atoms with Gasteiger partial charge in [0.05, 0.1) is 0 Å². The molecule has 3 rings (SSSR count). The predicted molar refractivity (Wildman–Crippen MR) is 95.1 cm³/mol. The highest BCUT2D eigenvalue weighted by Crippen LogP contribution is 2.39. The molecule has 1 amide bonds. The zero-order valence-corrected chi connectivity index (χ0v) is 15.2. The Balaban J connectivity index is 1.66. The Morgan fingerprint density at radius 2 is 1.96 bits per heavy atom. The van der Waals surface area contributed by atoms with Crippen LogP contribution in [0.1, 0.15) is 44.9 Å². The molecule has 3 fully saturated rings. The van der Waals surface area contributed by atoms with Gasteiger partial charge in [0.15, 0.2) is 5.96 Å². The summed E-state index contributed by atoms with van der Waals surface area (Å²) in [6.07, 6.45) is 8.53. The van der Waals surface area contributed by atoms with Gasteiger partial charge in [0.1, 0.15) is 6.54 Å². The van der Waals surface area contributed by atoms with E-state index in [9.17, 15) is 4.79 Å². The number of nitrogens with one attached hydrogen (secondary N) is 1. The van der Waals surface area contributed by atoms with Gasteiger partial charge >= 0.3 is 0 Å². The van der Waals surface area contributed by atoms with Crippen LogP contribution in [0.3, 0.4) is 0 Å². The van der Waals surface area contributed by atoms with E-state index in [-0.39, 0.29) is 12.5 Å². The van der Waals surface area contributed by atoms with E-state index in [0.717, 1.165) is 45.1 Å². The molecule has 3 aliphatic rings. The molecule has 1 N–H and O–H groups in total. The summed E-state index contributed by atoms with van der Waals surface area (Å²) in [7, 11) is 3.57. The lowest BCUT2D eigenvalue weighted by Crippen LogP contribution is -2.46. The van der Waals surface area contributed by atoms with Gasteiger partial charge in [-0.3, -0.25) is 4.79 Å². The molecule has 2 saturated heterocycles. The Bertz CT molecular complexity index is 466. The maximum atomic E-state index is 12.0. The van der Waals surface area contributed by atoms with Crippen molar-refractivity contribution in [3.63, 3.8) is 0 Å². The van der Waals surface area contributed by atoms with E-state index >= 15 is 0 Å². The fourth-order valence-corrected chi connectivity index (χ4v) is 4.10. The Hall–Kier alpha value is -1.30.